The number of cyclic esters (lactones) is 1. The van der Waals surface area contributed by atoms with Crippen molar-refractivity contribution in [1.29, 1.82) is 5.26 Å². The van der Waals surface area contributed by atoms with Crippen molar-refractivity contribution in [2.24, 2.45) is 5.73 Å². The fourth-order valence-electron chi connectivity index (χ4n) is 4.77. The van der Waals surface area contributed by atoms with E-state index >= 15 is 0 Å². The van der Waals surface area contributed by atoms with E-state index in [0.29, 0.717) is 27.9 Å². The summed E-state index contributed by atoms with van der Waals surface area (Å²) < 4.78 is 21.1. The van der Waals surface area contributed by atoms with Crippen LogP contribution in [0.4, 0.5) is 4.39 Å². The molecule has 0 bridgehead atoms. The van der Waals surface area contributed by atoms with Gasteiger partial charge in [0.1, 0.15) is 18.5 Å². The van der Waals surface area contributed by atoms with E-state index in [0.717, 1.165) is 0 Å². The molecule has 162 valence electrons. The second-order valence-corrected chi connectivity index (χ2v) is 8.09. The Morgan fingerprint density at radius 1 is 1.38 bits per heavy atom. The molecule has 32 heavy (non-hydrogen) atoms. The van der Waals surface area contributed by atoms with Crippen molar-refractivity contribution >= 4 is 16.9 Å². The maximum absolute atomic E-state index is 14.5. The summed E-state index contributed by atoms with van der Waals surface area (Å²) in [5.41, 5.74) is 6.86. The van der Waals surface area contributed by atoms with Gasteiger partial charge in [0.25, 0.3) is 5.56 Å². The van der Waals surface area contributed by atoms with Crippen LogP contribution in [0, 0.1) is 24.1 Å². The molecule has 9 heteroatoms. The Labute approximate surface area is 181 Å². The van der Waals surface area contributed by atoms with Crippen LogP contribution in [0.3, 0.4) is 0 Å². The molecule has 0 amide bonds. The largest absolute Gasteiger partial charge is 0.458 e. The molecule has 4 heterocycles. The first kappa shape index (κ1) is 20.3. The van der Waals surface area contributed by atoms with Crippen molar-refractivity contribution in [1.82, 2.24) is 9.55 Å². The maximum Gasteiger partial charge on any atom is 0.343 e. The van der Waals surface area contributed by atoms with Crippen LogP contribution in [-0.2, 0) is 34.8 Å². The lowest BCUT2D eigenvalue weighted by atomic mass is 9.86. The molecule has 1 atom stereocenters. The van der Waals surface area contributed by atoms with E-state index in [1.165, 1.54) is 17.6 Å². The molecule has 2 aliphatic rings. The Balaban J connectivity index is 1.88. The Morgan fingerprint density at radius 2 is 2.12 bits per heavy atom. The van der Waals surface area contributed by atoms with E-state index in [9.17, 15) is 24.3 Å². The summed E-state index contributed by atoms with van der Waals surface area (Å²) in [5.74, 6) is -1.37. The van der Waals surface area contributed by atoms with Crippen LogP contribution in [0.25, 0.3) is 22.3 Å². The number of nitrogens with zero attached hydrogens (tertiary/aromatic N) is 3. The minimum Gasteiger partial charge on any atom is -0.458 e. The molecule has 8 nitrogen and oxygen atoms in total. The minimum atomic E-state index is -1.93. The molecule has 0 radical (unpaired) electrons. The van der Waals surface area contributed by atoms with Crippen molar-refractivity contribution in [2.45, 2.75) is 45.6 Å². The first-order valence-electron chi connectivity index (χ1n) is 10.2. The Hall–Kier alpha value is -3.61. The number of carbonyl (C=O) groups excluding carboxylic acids is 1. The van der Waals surface area contributed by atoms with Gasteiger partial charge in [0.2, 0.25) is 0 Å². The van der Waals surface area contributed by atoms with Gasteiger partial charge in [-0.25, -0.2) is 14.2 Å². The number of nitriles is 1. The molecule has 1 aromatic carbocycles. The van der Waals surface area contributed by atoms with Gasteiger partial charge in [-0.3, -0.25) is 4.79 Å². The molecule has 0 aliphatic carbocycles. The van der Waals surface area contributed by atoms with Crippen LogP contribution in [0.1, 0.15) is 46.7 Å². The van der Waals surface area contributed by atoms with Crippen LogP contribution in [-0.4, -0.2) is 20.6 Å². The van der Waals surface area contributed by atoms with Gasteiger partial charge in [-0.1, -0.05) is 6.92 Å². The molecule has 3 aromatic rings. The van der Waals surface area contributed by atoms with Crippen LogP contribution in [0.15, 0.2) is 16.9 Å². The molecule has 0 fully saturated rings. The number of nitrogens with two attached hydrogens (primary N) is 1. The van der Waals surface area contributed by atoms with Gasteiger partial charge in [-0.2, -0.15) is 5.26 Å². The summed E-state index contributed by atoms with van der Waals surface area (Å²) in [6, 6.07) is 4.89. The number of carbonyl (C=O) groups is 1. The molecular weight excluding hydrogens is 415 g/mol. The predicted octanol–water partition coefficient (Wildman–Crippen LogP) is 1.86. The lowest BCUT2D eigenvalue weighted by Crippen LogP contribution is -2.44. The molecule has 0 spiro atoms. The number of esters is 1. The molecular formula is C23H19FN4O4. The highest BCUT2D eigenvalue weighted by Gasteiger charge is 2.45. The highest BCUT2D eigenvalue weighted by Crippen LogP contribution is 2.41. The van der Waals surface area contributed by atoms with E-state index < -0.39 is 22.9 Å². The predicted molar refractivity (Wildman–Crippen MR) is 112 cm³/mol. The summed E-state index contributed by atoms with van der Waals surface area (Å²) in [5, 5.41) is 21.1. The number of fused-ring (bicyclic) bond motifs is 5. The number of rotatable bonds is 2. The molecule has 3 N–H and O–H groups in total. The van der Waals surface area contributed by atoms with Gasteiger partial charge in [0.15, 0.2) is 5.60 Å². The number of aliphatic hydroxyl groups is 1. The van der Waals surface area contributed by atoms with Crippen LogP contribution in [0.2, 0.25) is 0 Å². The maximum atomic E-state index is 14.5. The quantitative estimate of drug-likeness (QED) is 0.460. The Kier molecular flexibility index (Phi) is 4.25. The topological polar surface area (TPSA) is 131 Å². The van der Waals surface area contributed by atoms with Crippen LogP contribution < -0.4 is 11.3 Å². The third-order valence-electron chi connectivity index (χ3n) is 6.60. The van der Waals surface area contributed by atoms with Crippen LogP contribution in [0.5, 0.6) is 0 Å². The van der Waals surface area contributed by atoms with Gasteiger partial charge in [-0.05, 0) is 25.0 Å². The monoisotopic (exact) mass is 434 g/mol. The van der Waals surface area contributed by atoms with E-state index in [1.807, 2.05) is 0 Å². The zero-order valence-corrected chi connectivity index (χ0v) is 17.5. The normalized spacial score (nSPS) is 18.7. The molecule has 0 unspecified atom stereocenters. The van der Waals surface area contributed by atoms with E-state index in [2.05, 4.69) is 11.1 Å². The second-order valence-electron chi connectivity index (χ2n) is 8.09. The average molecular weight is 434 g/mol. The highest BCUT2D eigenvalue weighted by molar-refractivity contribution is 5.93. The summed E-state index contributed by atoms with van der Waals surface area (Å²) in [6.07, 6.45) is 0.0315. The number of benzene rings is 1. The number of pyridine rings is 2. The van der Waals surface area contributed by atoms with Gasteiger partial charge in [0, 0.05) is 34.7 Å². The highest BCUT2D eigenvalue weighted by atomic mass is 19.1. The van der Waals surface area contributed by atoms with E-state index in [1.54, 1.807) is 13.0 Å². The minimum absolute atomic E-state index is 0.0315. The number of halogens is 1. The first-order chi connectivity index (χ1) is 15.3. The van der Waals surface area contributed by atoms with Crippen molar-refractivity contribution in [3.63, 3.8) is 0 Å². The molecule has 2 aromatic heterocycles. The number of ether oxygens (including phenoxy) is 1. The number of hydrogen-bond donors (Lipinski definition) is 2. The van der Waals surface area contributed by atoms with Gasteiger partial charge >= 0.3 is 5.97 Å². The third-order valence-corrected chi connectivity index (χ3v) is 6.60. The van der Waals surface area contributed by atoms with Crippen molar-refractivity contribution < 1.29 is 19.0 Å². The molecule has 0 saturated heterocycles. The third kappa shape index (κ3) is 2.39. The van der Waals surface area contributed by atoms with Gasteiger partial charge in [0.05, 0.1) is 34.6 Å². The van der Waals surface area contributed by atoms with Crippen molar-refractivity contribution in [3.05, 3.63) is 61.7 Å². The zero-order chi connectivity index (χ0) is 22.9. The van der Waals surface area contributed by atoms with E-state index in [-0.39, 0.29) is 53.9 Å². The van der Waals surface area contributed by atoms with Crippen LogP contribution >= 0.6 is 0 Å². The fourth-order valence-corrected chi connectivity index (χ4v) is 4.77. The lowest BCUT2D eigenvalue weighted by molar-refractivity contribution is -0.172. The Morgan fingerprint density at radius 3 is 2.78 bits per heavy atom. The number of aromatic nitrogens is 2. The fraction of sp³-hybridized carbons (Fsp3) is 0.304. The van der Waals surface area contributed by atoms with Crippen molar-refractivity contribution in [2.75, 3.05) is 0 Å². The summed E-state index contributed by atoms with van der Waals surface area (Å²) in [6.45, 7) is 3.14. The van der Waals surface area contributed by atoms with Gasteiger partial charge in [-0.15, -0.1) is 0 Å². The smallest absolute Gasteiger partial charge is 0.343 e. The van der Waals surface area contributed by atoms with Gasteiger partial charge < -0.3 is 20.1 Å². The summed E-state index contributed by atoms with van der Waals surface area (Å²) >= 11 is 0. The van der Waals surface area contributed by atoms with E-state index in [4.69, 9.17) is 10.5 Å². The SMILES string of the molecule is CC[C@@]1(O)C(=O)OCc2c1cc1n(c2=O)Cc2c-1nc1cc(F)c(C)c(C#N)c1c2CN. The second kappa shape index (κ2) is 6.69. The first-order valence-corrected chi connectivity index (χ1v) is 10.2. The molecule has 5 rings (SSSR count). The Bertz CT molecular complexity index is 1470. The summed E-state index contributed by atoms with van der Waals surface area (Å²) in [4.78, 5) is 30.2. The summed E-state index contributed by atoms with van der Waals surface area (Å²) in [7, 11) is 0. The lowest BCUT2D eigenvalue weighted by Gasteiger charge is -2.31. The molecule has 2 aliphatic heterocycles. The molecule has 0 saturated carbocycles. The van der Waals surface area contributed by atoms with Crippen molar-refractivity contribution in [3.8, 4) is 17.5 Å². The number of hydrogen-bond acceptors (Lipinski definition) is 7. The average Bonchev–Trinajstić information content (AvgIpc) is 3.15. The zero-order valence-electron chi connectivity index (χ0n) is 17.5. The standard InChI is InChI=1S/C23H19FN4O4/c1-3-23(31)15-4-18-20-13(8-28(18)21(29)14(15)9-32-22(23)30)12(7-26)19-11(6-25)10(2)16(24)5-17(19)27-20/h4-5,31H,3,7-9,26H2,1-2H3/t23-/m0/s1.